The van der Waals surface area contributed by atoms with Gasteiger partial charge in [-0.25, -0.2) is 8.42 Å². The minimum absolute atomic E-state index is 0.0105. The molecule has 0 radical (unpaired) electrons. The third kappa shape index (κ3) is 5.02. The highest BCUT2D eigenvalue weighted by Gasteiger charge is 2.35. The van der Waals surface area contributed by atoms with Crippen LogP contribution >= 0.6 is 0 Å². The Morgan fingerprint density at radius 2 is 1.85 bits per heavy atom. The van der Waals surface area contributed by atoms with Gasteiger partial charge in [0.25, 0.3) is 5.91 Å². The van der Waals surface area contributed by atoms with Gasteiger partial charge in [-0.2, -0.15) is 0 Å². The van der Waals surface area contributed by atoms with Crippen molar-refractivity contribution in [3.8, 4) is 5.75 Å². The Kier molecular flexibility index (Phi) is 6.11. The zero-order valence-corrected chi connectivity index (χ0v) is 17.2. The van der Waals surface area contributed by atoms with Crippen LogP contribution < -0.4 is 4.74 Å². The summed E-state index contributed by atoms with van der Waals surface area (Å²) in [4.78, 5) is 16.8. The predicted octanol–water partition coefficient (Wildman–Crippen LogP) is 1.91. The van der Waals surface area contributed by atoms with Crippen molar-refractivity contribution in [2.75, 3.05) is 37.7 Å². The molecule has 1 amide bonds. The maximum Gasteiger partial charge on any atom is 0.263 e. The Labute approximate surface area is 162 Å². The van der Waals surface area contributed by atoms with Crippen LogP contribution in [0, 0.1) is 0 Å². The smallest absolute Gasteiger partial charge is 0.263 e. The summed E-state index contributed by atoms with van der Waals surface area (Å²) in [5.41, 5.74) is 1.19. The molecule has 1 aromatic rings. The van der Waals surface area contributed by atoms with Crippen LogP contribution in [0.25, 0.3) is 0 Å². The van der Waals surface area contributed by atoms with Crippen LogP contribution in [-0.4, -0.2) is 74.0 Å². The summed E-state index contributed by atoms with van der Waals surface area (Å²) < 4.78 is 29.2. The standard InChI is InChI=1S/C20H30N2O4S/c1-15(2)17-5-4-6-19(13-17)26-16(3)20(23)22-10-8-21(9-11-22)18-7-12-27(24,25)14-18/h4-6,13,15-16,18H,7-12,14H2,1-3H3. The van der Waals surface area contributed by atoms with Gasteiger partial charge in [0, 0.05) is 32.2 Å². The lowest BCUT2D eigenvalue weighted by Gasteiger charge is -2.38. The molecule has 2 unspecified atom stereocenters. The summed E-state index contributed by atoms with van der Waals surface area (Å²) in [5.74, 6) is 1.66. The Morgan fingerprint density at radius 1 is 1.15 bits per heavy atom. The maximum absolute atomic E-state index is 12.7. The molecule has 2 fully saturated rings. The van der Waals surface area contributed by atoms with Gasteiger partial charge in [-0.3, -0.25) is 9.69 Å². The van der Waals surface area contributed by atoms with Crippen LogP contribution in [0.4, 0.5) is 0 Å². The van der Waals surface area contributed by atoms with Crippen molar-refractivity contribution in [2.45, 2.75) is 45.3 Å². The van der Waals surface area contributed by atoms with E-state index in [9.17, 15) is 13.2 Å². The summed E-state index contributed by atoms with van der Waals surface area (Å²) >= 11 is 0. The first-order valence-corrected chi connectivity index (χ1v) is 11.6. The number of sulfone groups is 1. The summed E-state index contributed by atoms with van der Waals surface area (Å²) in [5, 5.41) is 0. The van der Waals surface area contributed by atoms with E-state index in [1.54, 1.807) is 6.92 Å². The topological polar surface area (TPSA) is 66.9 Å². The minimum Gasteiger partial charge on any atom is -0.481 e. The van der Waals surface area contributed by atoms with Crippen molar-refractivity contribution in [1.82, 2.24) is 9.80 Å². The van der Waals surface area contributed by atoms with Crippen LogP contribution in [-0.2, 0) is 14.6 Å². The molecular weight excluding hydrogens is 364 g/mol. The van der Waals surface area contributed by atoms with Crippen LogP contribution in [0.3, 0.4) is 0 Å². The molecule has 0 N–H and O–H groups in total. The fourth-order valence-electron chi connectivity index (χ4n) is 3.83. The lowest BCUT2D eigenvalue weighted by molar-refractivity contribution is -0.140. The lowest BCUT2D eigenvalue weighted by Crippen LogP contribution is -2.54. The van der Waals surface area contributed by atoms with Gasteiger partial charge in [0.1, 0.15) is 5.75 Å². The zero-order chi connectivity index (χ0) is 19.6. The molecule has 6 nitrogen and oxygen atoms in total. The predicted molar refractivity (Wildman–Crippen MR) is 106 cm³/mol. The molecule has 2 aliphatic rings. The monoisotopic (exact) mass is 394 g/mol. The maximum atomic E-state index is 12.7. The molecule has 150 valence electrons. The van der Waals surface area contributed by atoms with Gasteiger partial charge in [0.05, 0.1) is 11.5 Å². The Morgan fingerprint density at radius 3 is 2.44 bits per heavy atom. The first kappa shape index (κ1) is 20.1. The SMILES string of the molecule is CC(Oc1cccc(C(C)C)c1)C(=O)N1CCN(C2CCS(=O)(=O)C2)CC1. The van der Waals surface area contributed by atoms with E-state index in [0.717, 1.165) is 18.8 Å². The minimum atomic E-state index is -2.87. The van der Waals surface area contributed by atoms with Gasteiger partial charge in [0.2, 0.25) is 0 Å². The molecule has 2 aliphatic heterocycles. The Bertz CT molecular complexity index is 770. The fraction of sp³-hybridized carbons (Fsp3) is 0.650. The van der Waals surface area contributed by atoms with E-state index >= 15 is 0 Å². The van der Waals surface area contributed by atoms with Gasteiger partial charge in [-0.15, -0.1) is 0 Å². The summed E-state index contributed by atoms with van der Waals surface area (Å²) in [7, 11) is -2.87. The number of benzene rings is 1. The highest BCUT2D eigenvalue weighted by molar-refractivity contribution is 7.91. The second-order valence-electron chi connectivity index (χ2n) is 7.91. The number of nitrogens with zero attached hydrogens (tertiary/aromatic N) is 2. The van der Waals surface area contributed by atoms with Crippen molar-refractivity contribution in [3.63, 3.8) is 0 Å². The molecule has 2 atom stereocenters. The van der Waals surface area contributed by atoms with Crippen molar-refractivity contribution < 1.29 is 17.9 Å². The first-order chi connectivity index (χ1) is 12.7. The van der Waals surface area contributed by atoms with Gasteiger partial charge in [-0.05, 0) is 37.0 Å². The second-order valence-corrected chi connectivity index (χ2v) is 10.1. The highest BCUT2D eigenvalue weighted by Crippen LogP contribution is 2.22. The quantitative estimate of drug-likeness (QED) is 0.763. The molecular formula is C20H30N2O4S. The van der Waals surface area contributed by atoms with E-state index in [-0.39, 0.29) is 23.5 Å². The molecule has 7 heteroatoms. The second kappa shape index (κ2) is 8.19. The first-order valence-electron chi connectivity index (χ1n) is 9.75. The van der Waals surface area contributed by atoms with Crippen LogP contribution in [0.5, 0.6) is 5.75 Å². The normalized spacial score (nSPS) is 24.1. The van der Waals surface area contributed by atoms with Crippen LogP contribution in [0.2, 0.25) is 0 Å². The molecule has 27 heavy (non-hydrogen) atoms. The number of amides is 1. The molecule has 2 heterocycles. The van der Waals surface area contributed by atoms with E-state index in [2.05, 4.69) is 24.8 Å². The molecule has 0 saturated carbocycles. The number of carbonyl (C=O) groups is 1. The number of hydrogen-bond acceptors (Lipinski definition) is 5. The van der Waals surface area contributed by atoms with Crippen LogP contribution in [0.15, 0.2) is 24.3 Å². The largest absolute Gasteiger partial charge is 0.481 e. The Hall–Kier alpha value is -1.60. The molecule has 0 spiro atoms. The van der Waals surface area contributed by atoms with E-state index < -0.39 is 15.9 Å². The number of hydrogen-bond donors (Lipinski definition) is 0. The number of ether oxygens (including phenoxy) is 1. The van der Waals surface area contributed by atoms with Crippen molar-refractivity contribution in [1.29, 1.82) is 0 Å². The van der Waals surface area contributed by atoms with E-state index in [4.69, 9.17) is 4.74 Å². The number of piperazine rings is 1. The molecule has 3 rings (SSSR count). The molecule has 0 aliphatic carbocycles. The average Bonchev–Trinajstić information content (AvgIpc) is 3.01. The average molecular weight is 395 g/mol. The highest BCUT2D eigenvalue weighted by atomic mass is 32.2. The third-order valence-corrected chi connectivity index (χ3v) is 7.29. The van der Waals surface area contributed by atoms with Crippen LogP contribution in [0.1, 0.15) is 38.7 Å². The lowest BCUT2D eigenvalue weighted by atomic mass is 10.0. The number of rotatable bonds is 5. The zero-order valence-electron chi connectivity index (χ0n) is 16.4. The number of carbonyl (C=O) groups excluding carboxylic acids is 1. The van der Waals surface area contributed by atoms with E-state index in [0.29, 0.717) is 25.4 Å². The van der Waals surface area contributed by atoms with E-state index in [1.165, 1.54) is 5.56 Å². The molecule has 0 bridgehead atoms. The molecule has 1 aromatic carbocycles. The van der Waals surface area contributed by atoms with Crippen molar-refractivity contribution in [3.05, 3.63) is 29.8 Å². The van der Waals surface area contributed by atoms with Crippen molar-refractivity contribution >= 4 is 15.7 Å². The third-order valence-electron chi connectivity index (χ3n) is 5.54. The summed E-state index contributed by atoms with van der Waals surface area (Å²) in [6, 6.07) is 8.00. The summed E-state index contributed by atoms with van der Waals surface area (Å²) in [6.07, 6.45) is 0.174. The summed E-state index contributed by atoms with van der Waals surface area (Å²) in [6.45, 7) is 8.74. The Balaban J connectivity index is 1.52. The van der Waals surface area contributed by atoms with E-state index in [1.807, 2.05) is 23.1 Å². The molecule has 2 saturated heterocycles. The molecule has 0 aromatic heterocycles. The van der Waals surface area contributed by atoms with Gasteiger partial charge in [-0.1, -0.05) is 26.0 Å². The van der Waals surface area contributed by atoms with Crippen molar-refractivity contribution in [2.24, 2.45) is 0 Å². The van der Waals surface area contributed by atoms with Gasteiger partial charge >= 0.3 is 0 Å². The fourth-order valence-corrected chi connectivity index (χ4v) is 5.59. The van der Waals surface area contributed by atoms with Gasteiger partial charge in [0.15, 0.2) is 15.9 Å². The van der Waals surface area contributed by atoms with Gasteiger partial charge < -0.3 is 9.64 Å².